The van der Waals surface area contributed by atoms with Gasteiger partial charge in [0.15, 0.2) is 0 Å². The number of benzene rings is 2. The average molecular weight is 477 g/mol. The number of carboxylic acids is 1. The smallest absolute Gasteiger partial charge is 0.407 e. The van der Waals surface area contributed by atoms with Gasteiger partial charge in [-0.15, -0.1) is 0 Å². The molecule has 2 aromatic carbocycles. The van der Waals surface area contributed by atoms with Crippen LogP contribution in [0.3, 0.4) is 0 Å². The minimum Gasteiger partial charge on any atom is -0.480 e. The Morgan fingerprint density at radius 3 is 2.37 bits per heavy atom. The zero-order valence-electron chi connectivity index (χ0n) is 19.4. The lowest BCUT2D eigenvalue weighted by molar-refractivity contribution is -0.139. The van der Waals surface area contributed by atoms with E-state index in [0.717, 1.165) is 11.1 Å². The standard InChI is InChI=1S/C26H28N4O5/c1-2-7-22(25(32)33)29-24(31)23-14-30(16-28-23)13-12-27-26(34)35-15-21-19-10-5-3-8-17(19)18-9-4-6-11-20(18)21/h3-6,8-11,14,16,21-22H,2,7,12-13,15H2,1H3,(H,27,34)(H,29,31)(H,32,33). The molecule has 4 rings (SSSR count). The van der Waals surface area contributed by atoms with E-state index in [4.69, 9.17) is 4.74 Å². The highest BCUT2D eigenvalue weighted by Gasteiger charge is 2.29. The number of hydrogen-bond acceptors (Lipinski definition) is 5. The zero-order valence-corrected chi connectivity index (χ0v) is 19.4. The lowest BCUT2D eigenvalue weighted by atomic mass is 9.98. The van der Waals surface area contributed by atoms with E-state index in [2.05, 4.69) is 39.9 Å². The summed E-state index contributed by atoms with van der Waals surface area (Å²) in [6, 6.07) is 15.3. The number of rotatable bonds is 10. The summed E-state index contributed by atoms with van der Waals surface area (Å²) in [6.07, 6.45) is 3.43. The second-order valence-electron chi connectivity index (χ2n) is 8.40. The van der Waals surface area contributed by atoms with Gasteiger partial charge in [0, 0.05) is 25.2 Å². The van der Waals surface area contributed by atoms with Gasteiger partial charge in [-0.25, -0.2) is 14.6 Å². The first kappa shape index (κ1) is 24.0. The highest BCUT2D eigenvalue weighted by atomic mass is 16.5. The predicted molar refractivity (Wildman–Crippen MR) is 129 cm³/mol. The first-order valence-electron chi connectivity index (χ1n) is 11.6. The molecule has 1 heterocycles. The van der Waals surface area contributed by atoms with Crippen LogP contribution in [0.1, 0.15) is 47.3 Å². The molecule has 0 saturated carbocycles. The molecule has 1 atom stereocenters. The Labute approximate surface area is 203 Å². The molecule has 0 aliphatic heterocycles. The Hall–Kier alpha value is -4.14. The van der Waals surface area contributed by atoms with Gasteiger partial charge in [-0.2, -0.15) is 0 Å². The molecule has 182 valence electrons. The number of aromatic nitrogens is 2. The largest absolute Gasteiger partial charge is 0.480 e. The van der Waals surface area contributed by atoms with Crippen LogP contribution >= 0.6 is 0 Å². The molecule has 0 spiro atoms. The van der Waals surface area contributed by atoms with Crippen molar-refractivity contribution in [2.24, 2.45) is 0 Å². The molecule has 0 radical (unpaired) electrons. The van der Waals surface area contributed by atoms with E-state index in [1.54, 1.807) is 4.57 Å². The third-order valence-corrected chi connectivity index (χ3v) is 6.03. The maximum absolute atomic E-state index is 12.3. The first-order valence-corrected chi connectivity index (χ1v) is 11.6. The fraction of sp³-hybridized carbons (Fsp3) is 0.308. The average Bonchev–Trinajstić information content (AvgIpc) is 3.45. The molecular formula is C26H28N4O5. The van der Waals surface area contributed by atoms with E-state index in [9.17, 15) is 19.5 Å². The highest BCUT2D eigenvalue weighted by Crippen LogP contribution is 2.44. The molecule has 1 unspecified atom stereocenters. The van der Waals surface area contributed by atoms with Crippen LogP contribution in [-0.4, -0.2) is 51.8 Å². The minimum atomic E-state index is -1.08. The summed E-state index contributed by atoms with van der Waals surface area (Å²) in [4.78, 5) is 39.8. The molecule has 3 aromatic rings. The second kappa shape index (κ2) is 10.9. The molecule has 1 aromatic heterocycles. The molecule has 0 saturated heterocycles. The number of nitrogens with one attached hydrogen (secondary N) is 2. The lowest BCUT2D eigenvalue weighted by Crippen LogP contribution is -2.40. The van der Waals surface area contributed by atoms with E-state index in [1.807, 2.05) is 31.2 Å². The number of hydrogen-bond donors (Lipinski definition) is 3. The highest BCUT2D eigenvalue weighted by molar-refractivity contribution is 5.94. The number of carbonyl (C=O) groups is 3. The van der Waals surface area contributed by atoms with Gasteiger partial charge in [-0.05, 0) is 28.7 Å². The van der Waals surface area contributed by atoms with Crippen molar-refractivity contribution in [3.05, 3.63) is 77.9 Å². The molecule has 0 bridgehead atoms. The third-order valence-electron chi connectivity index (χ3n) is 6.03. The maximum Gasteiger partial charge on any atom is 0.407 e. The van der Waals surface area contributed by atoms with Crippen LogP contribution < -0.4 is 10.6 Å². The van der Waals surface area contributed by atoms with Crippen molar-refractivity contribution < 1.29 is 24.2 Å². The van der Waals surface area contributed by atoms with E-state index in [1.165, 1.54) is 23.7 Å². The van der Waals surface area contributed by atoms with Crippen molar-refractivity contribution in [2.75, 3.05) is 13.2 Å². The summed E-state index contributed by atoms with van der Waals surface area (Å²) in [7, 11) is 0. The van der Waals surface area contributed by atoms with Crippen molar-refractivity contribution in [3.8, 4) is 11.1 Å². The minimum absolute atomic E-state index is 0.00907. The number of alkyl carbamates (subject to hydrolysis) is 1. The normalized spacial score (nSPS) is 12.9. The topological polar surface area (TPSA) is 123 Å². The number of amides is 2. The summed E-state index contributed by atoms with van der Waals surface area (Å²) in [5, 5.41) is 14.4. The fourth-order valence-corrected chi connectivity index (χ4v) is 4.31. The molecule has 0 fully saturated rings. The van der Waals surface area contributed by atoms with Crippen LogP contribution in [0, 0.1) is 0 Å². The van der Waals surface area contributed by atoms with Gasteiger partial charge in [-0.1, -0.05) is 61.9 Å². The van der Waals surface area contributed by atoms with Crippen LogP contribution in [0.2, 0.25) is 0 Å². The Morgan fingerprint density at radius 1 is 1.09 bits per heavy atom. The van der Waals surface area contributed by atoms with Crippen LogP contribution in [-0.2, 0) is 16.1 Å². The quantitative estimate of drug-likeness (QED) is 0.412. The van der Waals surface area contributed by atoms with E-state index < -0.39 is 24.0 Å². The monoisotopic (exact) mass is 476 g/mol. The molecule has 9 heteroatoms. The molecular weight excluding hydrogens is 448 g/mol. The summed E-state index contributed by atoms with van der Waals surface area (Å²) in [6.45, 7) is 2.74. The summed E-state index contributed by atoms with van der Waals surface area (Å²) >= 11 is 0. The predicted octanol–water partition coefficient (Wildman–Crippen LogP) is 3.40. The van der Waals surface area contributed by atoms with Crippen molar-refractivity contribution in [2.45, 2.75) is 38.3 Å². The summed E-state index contributed by atoms with van der Waals surface area (Å²) in [5.74, 6) is -1.63. The number of imidazole rings is 1. The number of ether oxygens (including phenoxy) is 1. The van der Waals surface area contributed by atoms with Crippen molar-refractivity contribution in [1.82, 2.24) is 20.2 Å². The molecule has 35 heavy (non-hydrogen) atoms. The van der Waals surface area contributed by atoms with Gasteiger partial charge < -0.3 is 25.0 Å². The van der Waals surface area contributed by atoms with E-state index in [-0.39, 0.29) is 24.8 Å². The van der Waals surface area contributed by atoms with E-state index >= 15 is 0 Å². The maximum atomic E-state index is 12.3. The number of carbonyl (C=O) groups excluding carboxylic acids is 2. The van der Waals surface area contributed by atoms with Gasteiger partial charge in [0.1, 0.15) is 18.3 Å². The van der Waals surface area contributed by atoms with Crippen LogP contribution in [0.5, 0.6) is 0 Å². The number of fused-ring (bicyclic) bond motifs is 3. The molecule has 1 aliphatic rings. The lowest BCUT2D eigenvalue weighted by Gasteiger charge is -2.14. The number of nitrogens with zero attached hydrogens (tertiary/aromatic N) is 2. The fourth-order valence-electron chi connectivity index (χ4n) is 4.31. The van der Waals surface area contributed by atoms with Crippen LogP contribution in [0.4, 0.5) is 4.79 Å². The Morgan fingerprint density at radius 2 is 1.74 bits per heavy atom. The molecule has 2 amide bonds. The van der Waals surface area contributed by atoms with Crippen molar-refractivity contribution >= 4 is 18.0 Å². The van der Waals surface area contributed by atoms with Gasteiger partial charge >= 0.3 is 12.1 Å². The zero-order chi connectivity index (χ0) is 24.8. The third kappa shape index (κ3) is 5.51. The summed E-state index contributed by atoms with van der Waals surface area (Å²) < 4.78 is 7.16. The second-order valence-corrected chi connectivity index (χ2v) is 8.40. The SMILES string of the molecule is CCCC(NC(=O)c1cn(CCNC(=O)OCC2c3ccccc3-c3ccccc32)cn1)C(=O)O. The van der Waals surface area contributed by atoms with E-state index in [0.29, 0.717) is 19.4 Å². The van der Waals surface area contributed by atoms with Crippen LogP contribution in [0.15, 0.2) is 61.1 Å². The number of carboxylic acid groups (broad SMARTS) is 1. The van der Waals surface area contributed by atoms with Crippen molar-refractivity contribution in [1.29, 1.82) is 0 Å². The Balaban J connectivity index is 1.25. The summed E-state index contributed by atoms with van der Waals surface area (Å²) in [5.41, 5.74) is 4.75. The first-order chi connectivity index (χ1) is 17.0. The van der Waals surface area contributed by atoms with Gasteiger partial charge in [0.2, 0.25) is 0 Å². The van der Waals surface area contributed by atoms with Gasteiger partial charge in [0.25, 0.3) is 5.91 Å². The van der Waals surface area contributed by atoms with Crippen molar-refractivity contribution in [3.63, 3.8) is 0 Å². The molecule has 1 aliphatic carbocycles. The van der Waals surface area contributed by atoms with Gasteiger partial charge in [0.05, 0.1) is 6.33 Å². The molecule has 9 nitrogen and oxygen atoms in total. The van der Waals surface area contributed by atoms with Gasteiger partial charge in [-0.3, -0.25) is 4.79 Å². The molecule has 3 N–H and O–H groups in total. The Kier molecular flexibility index (Phi) is 7.45. The Bertz CT molecular complexity index is 1180. The van der Waals surface area contributed by atoms with Crippen LogP contribution in [0.25, 0.3) is 11.1 Å². The number of aliphatic carboxylic acids is 1.